The molecule has 0 bridgehead atoms. The molecule has 0 saturated heterocycles. The molecule has 0 amide bonds. The van der Waals surface area contributed by atoms with Gasteiger partial charge < -0.3 is 9.84 Å². The van der Waals surface area contributed by atoms with Gasteiger partial charge in [0.1, 0.15) is 0 Å². The molecular formula is C10H18O2. The van der Waals surface area contributed by atoms with Crippen LogP contribution < -0.4 is 0 Å². The Kier molecular flexibility index (Phi) is 6.84. The molecular weight excluding hydrogens is 152 g/mol. The van der Waals surface area contributed by atoms with E-state index in [9.17, 15) is 5.11 Å². The third kappa shape index (κ3) is 6.21. The van der Waals surface area contributed by atoms with Crippen molar-refractivity contribution in [1.29, 1.82) is 0 Å². The van der Waals surface area contributed by atoms with Crippen LogP contribution in [0.2, 0.25) is 0 Å². The van der Waals surface area contributed by atoms with Gasteiger partial charge in [-0.1, -0.05) is 6.92 Å². The molecule has 1 N–H and O–H groups in total. The third-order valence-corrected chi connectivity index (χ3v) is 1.64. The van der Waals surface area contributed by atoms with Gasteiger partial charge in [-0.05, 0) is 19.3 Å². The topological polar surface area (TPSA) is 29.5 Å². The Balaban J connectivity index is 3.50. The van der Waals surface area contributed by atoms with Gasteiger partial charge in [0.25, 0.3) is 0 Å². The first-order chi connectivity index (χ1) is 5.70. The van der Waals surface area contributed by atoms with Crippen molar-refractivity contribution in [3.63, 3.8) is 0 Å². The predicted octanol–water partition coefficient (Wildman–Crippen LogP) is 1.43. The highest BCUT2D eigenvalue weighted by Crippen LogP contribution is 2.08. The van der Waals surface area contributed by atoms with Crippen molar-refractivity contribution in [2.75, 3.05) is 13.7 Å². The minimum atomic E-state index is -0.303. The quantitative estimate of drug-likeness (QED) is 0.632. The summed E-state index contributed by atoms with van der Waals surface area (Å²) in [7, 11) is 1.68. The first kappa shape index (κ1) is 11.5. The van der Waals surface area contributed by atoms with Crippen molar-refractivity contribution in [2.45, 2.75) is 32.8 Å². The number of hydrogen-bond acceptors (Lipinski definition) is 2. The van der Waals surface area contributed by atoms with E-state index >= 15 is 0 Å². The Hall–Kier alpha value is -0.520. The van der Waals surface area contributed by atoms with Crippen LogP contribution in [-0.4, -0.2) is 24.9 Å². The molecule has 2 nitrogen and oxygen atoms in total. The molecule has 0 saturated carbocycles. The molecule has 0 aromatic carbocycles. The largest absolute Gasteiger partial charge is 0.392 e. The average molecular weight is 170 g/mol. The van der Waals surface area contributed by atoms with Crippen LogP contribution in [0.4, 0.5) is 0 Å². The number of aliphatic hydroxyl groups excluding tert-OH is 1. The van der Waals surface area contributed by atoms with Crippen LogP contribution in [0.5, 0.6) is 0 Å². The lowest BCUT2D eigenvalue weighted by Crippen LogP contribution is -2.14. The Morgan fingerprint density at radius 2 is 2.17 bits per heavy atom. The second kappa shape index (κ2) is 7.15. The van der Waals surface area contributed by atoms with Gasteiger partial charge in [0, 0.05) is 20.1 Å². The number of methoxy groups -OCH3 is 1. The second-order valence-corrected chi connectivity index (χ2v) is 3.08. The highest BCUT2D eigenvalue weighted by Gasteiger charge is 2.08. The fraction of sp³-hybridized carbons (Fsp3) is 0.800. The molecule has 12 heavy (non-hydrogen) atoms. The fourth-order valence-corrected chi connectivity index (χ4v) is 1.12. The maximum absolute atomic E-state index is 9.42. The third-order valence-electron chi connectivity index (χ3n) is 1.64. The van der Waals surface area contributed by atoms with E-state index in [-0.39, 0.29) is 6.10 Å². The van der Waals surface area contributed by atoms with Gasteiger partial charge in [-0.3, -0.25) is 0 Å². The van der Waals surface area contributed by atoms with Crippen LogP contribution in [0.1, 0.15) is 26.7 Å². The molecule has 70 valence electrons. The molecule has 0 spiro atoms. The van der Waals surface area contributed by atoms with E-state index in [0.717, 1.165) is 6.42 Å². The molecule has 0 aliphatic rings. The maximum Gasteiger partial charge on any atom is 0.0652 e. The molecule has 0 heterocycles. The van der Waals surface area contributed by atoms with Crippen molar-refractivity contribution in [3.8, 4) is 11.8 Å². The summed E-state index contributed by atoms with van der Waals surface area (Å²) in [4.78, 5) is 0. The zero-order chi connectivity index (χ0) is 9.40. The smallest absolute Gasteiger partial charge is 0.0652 e. The van der Waals surface area contributed by atoms with Crippen molar-refractivity contribution < 1.29 is 9.84 Å². The standard InChI is InChI=1S/C10H18O2/c1-4-5-6-10(11)7-9(2)8-12-3/h9-11H,6-8H2,1-3H3. The summed E-state index contributed by atoms with van der Waals surface area (Å²) in [6.07, 6.45) is 1.04. The Bertz CT molecular complexity index is 155. The first-order valence-electron chi connectivity index (χ1n) is 4.27. The van der Waals surface area contributed by atoms with Gasteiger partial charge >= 0.3 is 0 Å². The second-order valence-electron chi connectivity index (χ2n) is 3.08. The lowest BCUT2D eigenvalue weighted by Gasteiger charge is -2.13. The molecule has 2 atom stereocenters. The summed E-state index contributed by atoms with van der Waals surface area (Å²) in [6.45, 7) is 4.55. The number of aliphatic hydroxyl groups is 1. The lowest BCUT2D eigenvalue weighted by atomic mass is 10.0. The summed E-state index contributed by atoms with van der Waals surface area (Å²) in [5, 5.41) is 9.42. The number of hydrogen-bond donors (Lipinski definition) is 1. The average Bonchev–Trinajstić information content (AvgIpc) is 2.01. The van der Waals surface area contributed by atoms with Gasteiger partial charge in [-0.2, -0.15) is 0 Å². The summed E-state index contributed by atoms with van der Waals surface area (Å²) in [5.41, 5.74) is 0. The van der Waals surface area contributed by atoms with Crippen LogP contribution in [-0.2, 0) is 4.74 Å². The van der Waals surface area contributed by atoms with E-state index in [4.69, 9.17) is 4.74 Å². The minimum Gasteiger partial charge on any atom is -0.392 e. The van der Waals surface area contributed by atoms with E-state index in [1.807, 2.05) is 0 Å². The van der Waals surface area contributed by atoms with Crippen LogP contribution in [0, 0.1) is 17.8 Å². The first-order valence-corrected chi connectivity index (χ1v) is 4.27. The normalized spacial score (nSPS) is 14.7. The predicted molar refractivity (Wildman–Crippen MR) is 49.7 cm³/mol. The van der Waals surface area contributed by atoms with E-state index in [0.29, 0.717) is 18.9 Å². The maximum atomic E-state index is 9.42. The molecule has 0 aliphatic carbocycles. The minimum absolute atomic E-state index is 0.303. The summed E-state index contributed by atoms with van der Waals surface area (Å²) < 4.78 is 4.96. The SMILES string of the molecule is CC#CCC(O)CC(C)COC. The number of ether oxygens (including phenoxy) is 1. The van der Waals surface area contributed by atoms with E-state index in [1.165, 1.54) is 0 Å². The lowest BCUT2D eigenvalue weighted by molar-refractivity contribution is 0.104. The van der Waals surface area contributed by atoms with Crippen molar-refractivity contribution in [3.05, 3.63) is 0 Å². The van der Waals surface area contributed by atoms with Gasteiger partial charge in [0.05, 0.1) is 6.10 Å². The van der Waals surface area contributed by atoms with E-state index in [1.54, 1.807) is 14.0 Å². The van der Waals surface area contributed by atoms with Crippen LogP contribution in [0.25, 0.3) is 0 Å². The van der Waals surface area contributed by atoms with Gasteiger partial charge in [0.2, 0.25) is 0 Å². The summed E-state index contributed by atoms with van der Waals surface area (Å²) in [5.74, 6) is 6.02. The molecule has 2 unspecified atom stereocenters. The molecule has 0 aromatic rings. The zero-order valence-corrected chi connectivity index (χ0v) is 8.13. The van der Waals surface area contributed by atoms with Crippen LogP contribution in [0.15, 0.2) is 0 Å². The monoisotopic (exact) mass is 170 g/mol. The van der Waals surface area contributed by atoms with Crippen molar-refractivity contribution >= 4 is 0 Å². The Labute approximate surface area is 74.9 Å². The van der Waals surface area contributed by atoms with Gasteiger partial charge in [-0.25, -0.2) is 0 Å². The summed E-state index contributed by atoms with van der Waals surface area (Å²) >= 11 is 0. The van der Waals surface area contributed by atoms with Crippen molar-refractivity contribution in [1.82, 2.24) is 0 Å². The molecule has 2 heteroatoms. The zero-order valence-electron chi connectivity index (χ0n) is 8.13. The van der Waals surface area contributed by atoms with E-state index < -0.39 is 0 Å². The molecule has 0 rings (SSSR count). The van der Waals surface area contributed by atoms with Crippen LogP contribution in [0.3, 0.4) is 0 Å². The number of rotatable bonds is 5. The van der Waals surface area contributed by atoms with E-state index in [2.05, 4.69) is 18.8 Å². The van der Waals surface area contributed by atoms with Gasteiger partial charge in [0.15, 0.2) is 0 Å². The fourth-order valence-electron chi connectivity index (χ4n) is 1.12. The molecule has 0 radical (unpaired) electrons. The molecule has 0 aliphatic heterocycles. The highest BCUT2D eigenvalue weighted by atomic mass is 16.5. The Morgan fingerprint density at radius 1 is 1.50 bits per heavy atom. The highest BCUT2D eigenvalue weighted by molar-refractivity contribution is 4.96. The molecule has 0 fully saturated rings. The molecule has 0 aromatic heterocycles. The van der Waals surface area contributed by atoms with Gasteiger partial charge in [-0.15, -0.1) is 11.8 Å². The summed E-state index contributed by atoms with van der Waals surface area (Å²) in [6, 6.07) is 0. The van der Waals surface area contributed by atoms with Crippen LogP contribution >= 0.6 is 0 Å². The Morgan fingerprint density at radius 3 is 2.67 bits per heavy atom. The van der Waals surface area contributed by atoms with Crippen molar-refractivity contribution in [2.24, 2.45) is 5.92 Å².